The van der Waals surface area contributed by atoms with E-state index in [9.17, 15) is 4.79 Å². The molecule has 100 valence electrons. The molecule has 1 heterocycles. The van der Waals surface area contributed by atoms with E-state index in [1.165, 1.54) is 0 Å². The third-order valence-corrected chi connectivity index (χ3v) is 3.02. The van der Waals surface area contributed by atoms with Crippen molar-refractivity contribution in [3.05, 3.63) is 42.4 Å². The summed E-state index contributed by atoms with van der Waals surface area (Å²) in [6, 6.07) is 9.09. The number of aromatic nitrogens is 1. The van der Waals surface area contributed by atoms with Crippen LogP contribution in [0.1, 0.15) is 12.8 Å². The highest BCUT2D eigenvalue weighted by molar-refractivity contribution is 5.72. The van der Waals surface area contributed by atoms with E-state index in [1.54, 1.807) is 25.1 Å². The van der Waals surface area contributed by atoms with Gasteiger partial charge >= 0.3 is 5.97 Å². The molecule has 0 saturated heterocycles. The smallest absolute Gasteiger partial charge is 0.320 e. The minimum Gasteiger partial charge on any atom is -0.480 e. The number of benzene rings is 1. The molecular formula is C14H16N2O3. The predicted molar refractivity (Wildman–Crippen MR) is 70.5 cm³/mol. The molecule has 1 N–H and O–H groups in total. The molecule has 19 heavy (non-hydrogen) atoms. The average molecular weight is 260 g/mol. The van der Waals surface area contributed by atoms with Gasteiger partial charge in [-0.2, -0.15) is 0 Å². The van der Waals surface area contributed by atoms with Gasteiger partial charge in [-0.3, -0.25) is 9.69 Å². The monoisotopic (exact) mass is 260 g/mol. The highest BCUT2D eigenvalue weighted by Crippen LogP contribution is 2.20. The number of hydrogen-bond acceptors (Lipinski definition) is 4. The zero-order valence-corrected chi connectivity index (χ0v) is 10.9. The Hall–Kier alpha value is -2.14. The van der Waals surface area contributed by atoms with E-state index in [1.807, 2.05) is 30.3 Å². The van der Waals surface area contributed by atoms with Crippen molar-refractivity contribution >= 4 is 5.97 Å². The van der Waals surface area contributed by atoms with E-state index in [4.69, 9.17) is 9.52 Å². The molecule has 5 nitrogen and oxygen atoms in total. The molecule has 0 amide bonds. The van der Waals surface area contributed by atoms with Crippen LogP contribution < -0.4 is 0 Å². The molecule has 0 fully saturated rings. The van der Waals surface area contributed by atoms with Gasteiger partial charge in [-0.05, 0) is 14.0 Å². The predicted octanol–water partition coefficient (Wildman–Crippen LogP) is 2.25. The zero-order valence-electron chi connectivity index (χ0n) is 10.9. The first-order valence-corrected chi connectivity index (χ1v) is 6.01. The number of nitrogens with zero attached hydrogens (tertiary/aromatic N) is 2. The van der Waals surface area contributed by atoms with E-state index < -0.39 is 12.0 Å². The van der Waals surface area contributed by atoms with Crippen LogP contribution in [0.3, 0.4) is 0 Å². The lowest BCUT2D eigenvalue weighted by Crippen LogP contribution is -2.35. The van der Waals surface area contributed by atoms with E-state index in [0.29, 0.717) is 18.2 Å². The van der Waals surface area contributed by atoms with Crippen molar-refractivity contribution in [2.45, 2.75) is 19.5 Å². The van der Waals surface area contributed by atoms with Gasteiger partial charge in [0.15, 0.2) is 5.76 Å². The molecule has 0 saturated carbocycles. The molecule has 5 heteroatoms. The Morgan fingerprint density at radius 3 is 2.74 bits per heavy atom. The summed E-state index contributed by atoms with van der Waals surface area (Å²) in [6.07, 6.45) is 1.66. The Kier molecular flexibility index (Phi) is 3.97. The Morgan fingerprint density at radius 1 is 1.42 bits per heavy atom. The van der Waals surface area contributed by atoms with Crippen molar-refractivity contribution in [3.8, 4) is 11.3 Å². The van der Waals surface area contributed by atoms with Crippen LogP contribution in [0.5, 0.6) is 0 Å². The van der Waals surface area contributed by atoms with E-state index in [2.05, 4.69) is 4.98 Å². The molecule has 1 unspecified atom stereocenters. The van der Waals surface area contributed by atoms with Crippen molar-refractivity contribution in [2.24, 2.45) is 0 Å². The molecule has 1 aromatic heterocycles. The van der Waals surface area contributed by atoms with Gasteiger partial charge < -0.3 is 9.52 Å². The Balaban J connectivity index is 2.08. The fourth-order valence-corrected chi connectivity index (χ4v) is 1.66. The summed E-state index contributed by atoms with van der Waals surface area (Å²) < 4.78 is 5.62. The number of likely N-dealkylation sites (N-methyl/N-ethyl adjacent to an activating group) is 1. The first-order valence-electron chi connectivity index (χ1n) is 6.01. The number of rotatable bonds is 5. The summed E-state index contributed by atoms with van der Waals surface area (Å²) in [4.78, 5) is 16.7. The highest BCUT2D eigenvalue weighted by atomic mass is 16.4. The fraction of sp³-hybridized carbons (Fsp3) is 0.286. The van der Waals surface area contributed by atoms with Gasteiger partial charge in [-0.1, -0.05) is 30.3 Å². The summed E-state index contributed by atoms with van der Waals surface area (Å²) in [6.45, 7) is 1.99. The van der Waals surface area contributed by atoms with Crippen LogP contribution >= 0.6 is 0 Å². The number of carboxylic acid groups (broad SMARTS) is 1. The largest absolute Gasteiger partial charge is 0.480 e. The van der Waals surface area contributed by atoms with Crippen LogP contribution in [0, 0.1) is 0 Å². The van der Waals surface area contributed by atoms with Crippen molar-refractivity contribution in [3.63, 3.8) is 0 Å². The summed E-state index contributed by atoms with van der Waals surface area (Å²) >= 11 is 0. The standard InChI is InChI=1S/C14H16N2O3/c1-10(14(17)18)16(2)9-13-15-8-12(19-13)11-6-4-3-5-7-11/h3-8,10H,9H2,1-2H3,(H,17,18). The summed E-state index contributed by atoms with van der Waals surface area (Å²) in [7, 11) is 1.73. The van der Waals surface area contributed by atoms with Crippen LogP contribution in [0.4, 0.5) is 0 Å². The molecule has 1 atom stereocenters. The SMILES string of the molecule is CC(C(=O)O)N(C)Cc1ncc(-c2ccccc2)o1. The second-order valence-corrected chi connectivity index (χ2v) is 4.41. The lowest BCUT2D eigenvalue weighted by Gasteiger charge is -2.18. The molecule has 0 aliphatic heterocycles. The van der Waals surface area contributed by atoms with Crippen LogP contribution in [-0.4, -0.2) is 34.0 Å². The van der Waals surface area contributed by atoms with Gasteiger partial charge in [0.25, 0.3) is 0 Å². The number of carbonyl (C=O) groups is 1. The van der Waals surface area contributed by atoms with E-state index in [-0.39, 0.29) is 0 Å². The quantitative estimate of drug-likeness (QED) is 0.893. The van der Waals surface area contributed by atoms with E-state index >= 15 is 0 Å². The summed E-state index contributed by atoms with van der Waals surface area (Å²) in [5.74, 6) is 0.332. The van der Waals surface area contributed by atoms with Crippen molar-refractivity contribution in [2.75, 3.05) is 7.05 Å². The van der Waals surface area contributed by atoms with Crippen LogP contribution in [-0.2, 0) is 11.3 Å². The van der Waals surface area contributed by atoms with Gasteiger partial charge in [0.2, 0.25) is 5.89 Å². The van der Waals surface area contributed by atoms with Crippen molar-refractivity contribution < 1.29 is 14.3 Å². The van der Waals surface area contributed by atoms with Crippen LogP contribution in [0.25, 0.3) is 11.3 Å². The minimum absolute atomic E-state index is 0.361. The molecule has 1 aromatic carbocycles. The normalized spacial score (nSPS) is 12.6. The highest BCUT2D eigenvalue weighted by Gasteiger charge is 2.18. The summed E-state index contributed by atoms with van der Waals surface area (Å²) in [5, 5.41) is 8.92. The van der Waals surface area contributed by atoms with E-state index in [0.717, 1.165) is 5.56 Å². The fourth-order valence-electron chi connectivity index (χ4n) is 1.66. The number of aliphatic carboxylic acids is 1. The maximum absolute atomic E-state index is 10.9. The van der Waals surface area contributed by atoms with Gasteiger partial charge in [0, 0.05) is 5.56 Å². The minimum atomic E-state index is -0.864. The third-order valence-electron chi connectivity index (χ3n) is 3.02. The Labute approximate surface area is 111 Å². The maximum atomic E-state index is 10.9. The van der Waals surface area contributed by atoms with Gasteiger partial charge in [0.1, 0.15) is 6.04 Å². The number of carboxylic acids is 1. The first-order chi connectivity index (χ1) is 9.08. The average Bonchev–Trinajstić information content (AvgIpc) is 2.87. The lowest BCUT2D eigenvalue weighted by atomic mass is 10.2. The second kappa shape index (κ2) is 5.67. The topological polar surface area (TPSA) is 66.6 Å². The van der Waals surface area contributed by atoms with Crippen molar-refractivity contribution in [1.82, 2.24) is 9.88 Å². The molecule has 0 radical (unpaired) electrons. The number of oxazole rings is 1. The van der Waals surface area contributed by atoms with Crippen LogP contribution in [0.15, 0.2) is 40.9 Å². The molecule has 2 aromatic rings. The van der Waals surface area contributed by atoms with Gasteiger partial charge in [0.05, 0.1) is 12.7 Å². The van der Waals surface area contributed by atoms with Crippen molar-refractivity contribution in [1.29, 1.82) is 0 Å². The molecule has 0 spiro atoms. The van der Waals surface area contributed by atoms with Gasteiger partial charge in [-0.15, -0.1) is 0 Å². The third kappa shape index (κ3) is 3.20. The zero-order chi connectivity index (χ0) is 13.8. The molecule has 0 aliphatic rings. The summed E-state index contributed by atoms with van der Waals surface area (Å²) in [5.41, 5.74) is 0.954. The lowest BCUT2D eigenvalue weighted by molar-refractivity contribution is -0.142. The Bertz CT molecular complexity index is 551. The number of hydrogen-bond donors (Lipinski definition) is 1. The molecular weight excluding hydrogens is 244 g/mol. The molecule has 2 rings (SSSR count). The Morgan fingerprint density at radius 2 is 2.11 bits per heavy atom. The maximum Gasteiger partial charge on any atom is 0.320 e. The van der Waals surface area contributed by atoms with Crippen LogP contribution in [0.2, 0.25) is 0 Å². The van der Waals surface area contributed by atoms with Gasteiger partial charge in [-0.25, -0.2) is 4.98 Å². The molecule has 0 bridgehead atoms. The first kappa shape index (κ1) is 13.3. The second-order valence-electron chi connectivity index (χ2n) is 4.41. The molecule has 0 aliphatic carbocycles.